The molecule has 0 aliphatic carbocycles. The lowest BCUT2D eigenvalue weighted by Crippen LogP contribution is -1.92. The number of aromatic amines is 1. The van der Waals surface area contributed by atoms with Crippen LogP contribution < -0.4 is 0 Å². The number of aryl methyl sites for hydroxylation is 2. The maximum atomic E-state index is 4.94. The summed E-state index contributed by atoms with van der Waals surface area (Å²) in [6.45, 7) is 2.78. The van der Waals surface area contributed by atoms with Crippen molar-refractivity contribution in [2.75, 3.05) is 13.7 Å². The van der Waals surface area contributed by atoms with Crippen molar-refractivity contribution in [2.24, 2.45) is 0 Å². The zero-order valence-electron chi connectivity index (χ0n) is 7.05. The molecule has 0 spiro atoms. The second-order valence-electron chi connectivity index (χ2n) is 2.59. The summed E-state index contributed by atoms with van der Waals surface area (Å²) in [5, 5.41) is 0. The van der Waals surface area contributed by atoms with Crippen LogP contribution in [0.1, 0.15) is 17.9 Å². The summed E-state index contributed by atoms with van der Waals surface area (Å²) in [4.78, 5) is 7.27. The van der Waals surface area contributed by atoms with E-state index in [4.69, 9.17) is 4.74 Å². The SMILES string of the molecule is COCCCc1cnc(C)[nH]1. The van der Waals surface area contributed by atoms with Crippen LogP contribution in [0, 0.1) is 6.92 Å². The highest BCUT2D eigenvalue weighted by molar-refractivity contribution is 4.99. The summed E-state index contributed by atoms with van der Waals surface area (Å²) in [5.74, 6) is 0.984. The topological polar surface area (TPSA) is 37.9 Å². The third-order valence-corrected chi connectivity index (χ3v) is 1.55. The number of hydrogen-bond donors (Lipinski definition) is 1. The second kappa shape index (κ2) is 4.13. The van der Waals surface area contributed by atoms with Gasteiger partial charge < -0.3 is 9.72 Å². The average Bonchev–Trinajstić information content (AvgIpc) is 2.37. The van der Waals surface area contributed by atoms with Gasteiger partial charge in [0.1, 0.15) is 5.82 Å². The molecular weight excluding hydrogens is 140 g/mol. The standard InChI is InChI=1S/C8H14N2O/c1-7-9-6-8(10-7)4-3-5-11-2/h6H,3-5H2,1-2H3,(H,9,10). The van der Waals surface area contributed by atoms with E-state index in [0.717, 1.165) is 25.3 Å². The first kappa shape index (κ1) is 8.27. The molecule has 0 aliphatic heterocycles. The Morgan fingerprint density at radius 1 is 1.64 bits per heavy atom. The zero-order valence-corrected chi connectivity index (χ0v) is 7.05. The average molecular weight is 154 g/mol. The molecule has 0 aliphatic rings. The van der Waals surface area contributed by atoms with Crippen LogP contribution in [0.15, 0.2) is 6.20 Å². The van der Waals surface area contributed by atoms with Gasteiger partial charge in [-0.2, -0.15) is 0 Å². The largest absolute Gasteiger partial charge is 0.385 e. The fourth-order valence-corrected chi connectivity index (χ4v) is 1.01. The number of methoxy groups -OCH3 is 1. The van der Waals surface area contributed by atoms with Gasteiger partial charge in [-0.15, -0.1) is 0 Å². The molecule has 62 valence electrons. The van der Waals surface area contributed by atoms with Crippen molar-refractivity contribution in [1.29, 1.82) is 0 Å². The van der Waals surface area contributed by atoms with Gasteiger partial charge in [-0.1, -0.05) is 0 Å². The molecule has 0 unspecified atom stereocenters. The fraction of sp³-hybridized carbons (Fsp3) is 0.625. The van der Waals surface area contributed by atoms with Crippen LogP contribution >= 0.6 is 0 Å². The number of hydrogen-bond acceptors (Lipinski definition) is 2. The Bertz CT molecular complexity index is 208. The molecule has 3 heteroatoms. The van der Waals surface area contributed by atoms with Gasteiger partial charge in [0.05, 0.1) is 0 Å². The van der Waals surface area contributed by atoms with E-state index in [9.17, 15) is 0 Å². The lowest BCUT2D eigenvalue weighted by molar-refractivity contribution is 0.195. The van der Waals surface area contributed by atoms with Gasteiger partial charge in [-0.05, 0) is 19.8 Å². The van der Waals surface area contributed by atoms with Gasteiger partial charge >= 0.3 is 0 Å². The van der Waals surface area contributed by atoms with Gasteiger partial charge in [-0.3, -0.25) is 0 Å². The summed E-state index contributed by atoms with van der Waals surface area (Å²) in [6, 6.07) is 0. The molecule has 0 amide bonds. The van der Waals surface area contributed by atoms with E-state index in [1.165, 1.54) is 5.69 Å². The highest BCUT2D eigenvalue weighted by Crippen LogP contribution is 1.99. The number of ether oxygens (including phenoxy) is 1. The van der Waals surface area contributed by atoms with Crippen molar-refractivity contribution < 1.29 is 4.74 Å². The molecule has 1 heterocycles. The first-order chi connectivity index (χ1) is 5.33. The van der Waals surface area contributed by atoms with E-state index in [2.05, 4.69) is 9.97 Å². The van der Waals surface area contributed by atoms with Crippen molar-refractivity contribution in [3.63, 3.8) is 0 Å². The Morgan fingerprint density at radius 3 is 3.00 bits per heavy atom. The molecule has 1 N–H and O–H groups in total. The highest BCUT2D eigenvalue weighted by Gasteiger charge is 1.95. The first-order valence-electron chi connectivity index (χ1n) is 3.82. The maximum absolute atomic E-state index is 4.94. The van der Waals surface area contributed by atoms with Gasteiger partial charge in [0.25, 0.3) is 0 Å². The zero-order chi connectivity index (χ0) is 8.10. The molecular formula is C8H14N2O. The van der Waals surface area contributed by atoms with E-state index in [-0.39, 0.29) is 0 Å². The van der Waals surface area contributed by atoms with Gasteiger partial charge in [0, 0.05) is 25.6 Å². The number of aromatic nitrogens is 2. The molecule has 0 radical (unpaired) electrons. The van der Waals surface area contributed by atoms with Crippen LogP contribution in [0.5, 0.6) is 0 Å². The minimum atomic E-state index is 0.818. The lowest BCUT2D eigenvalue weighted by atomic mass is 10.3. The molecule has 0 saturated heterocycles. The molecule has 0 aromatic carbocycles. The molecule has 1 rings (SSSR count). The van der Waals surface area contributed by atoms with E-state index >= 15 is 0 Å². The molecule has 0 atom stereocenters. The van der Waals surface area contributed by atoms with Crippen LogP contribution in [0.3, 0.4) is 0 Å². The first-order valence-corrected chi connectivity index (χ1v) is 3.82. The fourth-order valence-electron chi connectivity index (χ4n) is 1.01. The molecule has 0 bridgehead atoms. The predicted octanol–water partition coefficient (Wildman–Crippen LogP) is 1.30. The Balaban J connectivity index is 2.27. The van der Waals surface area contributed by atoms with Crippen molar-refractivity contribution in [1.82, 2.24) is 9.97 Å². The van der Waals surface area contributed by atoms with E-state index in [0.29, 0.717) is 0 Å². The van der Waals surface area contributed by atoms with Crippen LogP contribution in [-0.2, 0) is 11.2 Å². The van der Waals surface area contributed by atoms with Crippen LogP contribution in [0.4, 0.5) is 0 Å². The lowest BCUT2D eigenvalue weighted by Gasteiger charge is -1.95. The Labute approximate surface area is 66.8 Å². The maximum Gasteiger partial charge on any atom is 0.103 e. The van der Waals surface area contributed by atoms with Gasteiger partial charge in [-0.25, -0.2) is 4.98 Å². The number of nitrogens with zero attached hydrogens (tertiary/aromatic N) is 1. The van der Waals surface area contributed by atoms with Gasteiger partial charge in [0.15, 0.2) is 0 Å². The Hall–Kier alpha value is -0.830. The van der Waals surface area contributed by atoms with Crippen LogP contribution in [-0.4, -0.2) is 23.7 Å². The van der Waals surface area contributed by atoms with Gasteiger partial charge in [0.2, 0.25) is 0 Å². The smallest absolute Gasteiger partial charge is 0.103 e. The molecule has 3 nitrogen and oxygen atoms in total. The summed E-state index contributed by atoms with van der Waals surface area (Å²) >= 11 is 0. The third-order valence-electron chi connectivity index (χ3n) is 1.55. The van der Waals surface area contributed by atoms with Crippen LogP contribution in [0.2, 0.25) is 0 Å². The summed E-state index contributed by atoms with van der Waals surface area (Å²) in [6.07, 6.45) is 3.96. The molecule has 0 saturated carbocycles. The Kier molecular flexibility index (Phi) is 3.11. The molecule has 1 aromatic rings. The summed E-state index contributed by atoms with van der Waals surface area (Å²) < 4.78 is 4.94. The number of nitrogens with one attached hydrogen (secondary N) is 1. The third kappa shape index (κ3) is 2.72. The normalized spacial score (nSPS) is 10.4. The van der Waals surface area contributed by atoms with Crippen molar-refractivity contribution in [3.8, 4) is 0 Å². The highest BCUT2D eigenvalue weighted by atomic mass is 16.5. The summed E-state index contributed by atoms with van der Waals surface area (Å²) in [7, 11) is 1.72. The second-order valence-corrected chi connectivity index (χ2v) is 2.59. The predicted molar refractivity (Wildman–Crippen MR) is 43.5 cm³/mol. The van der Waals surface area contributed by atoms with Crippen LogP contribution in [0.25, 0.3) is 0 Å². The number of rotatable bonds is 4. The minimum absolute atomic E-state index is 0.818. The Morgan fingerprint density at radius 2 is 2.45 bits per heavy atom. The van der Waals surface area contributed by atoms with E-state index < -0.39 is 0 Å². The molecule has 1 aromatic heterocycles. The van der Waals surface area contributed by atoms with E-state index in [1.807, 2.05) is 13.1 Å². The molecule has 11 heavy (non-hydrogen) atoms. The number of imidazole rings is 1. The quantitative estimate of drug-likeness (QED) is 0.664. The van der Waals surface area contributed by atoms with Crippen molar-refractivity contribution in [3.05, 3.63) is 17.7 Å². The van der Waals surface area contributed by atoms with Crippen molar-refractivity contribution in [2.45, 2.75) is 19.8 Å². The molecule has 0 fully saturated rings. The minimum Gasteiger partial charge on any atom is -0.385 e. The monoisotopic (exact) mass is 154 g/mol. The van der Waals surface area contributed by atoms with Crippen molar-refractivity contribution >= 4 is 0 Å². The van der Waals surface area contributed by atoms with E-state index in [1.54, 1.807) is 7.11 Å². The number of H-pyrrole nitrogens is 1. The summed E-state index contributed by atoms with van der Waals surface area (Å²) in [5.41, 5.74) is 1.19.